The van der Waals surface area contributed by atoms with E-state index in [1.54, 1.807) is 26.0 Å². The molecule has 138 valence electrons. The van der Waals surface area contributed by atoms with Crippen LogP contribution in [0.15, 0.2) is 18.2 Å². The average molecular weight is 352 g/mol. The van der Waals surface area contributed by atoms with E-state index in [-0.39, 0.29) is 18.1 Å². The topological polar surface area (TPSA) is 117 Å². The number of urea groups is 1. The van der Waals surface area contributed by atoms with Gasteiger partial charge in [-0.15, -0.1) is 0 Å². The molecular formula is C17H24N2O6. The van der Waals surface area contributed by atoms with Crippen LogP contribution in [0.5, 0.6) is 5.75 Å². The third-order valence-corrected chi connectivity index (χ3v) is 3.32. The number of rotatable bonds is 8. The van der Waals surface area contributed by atoms with Gasteiger partial charge in [0.1, 0.15) is 5.75 Å². The highest BCUT2D eigenvalue weighted by Crippen LogP contribution is 2.22. The largest absolute Gasteiger partial charge is 0.496 e. The molecule has 25 heavy (non-hydrogen) atoms. The van der Waals surface area contributed by atoms with Crippen molar-refractivity contribution in [3.63, 3.8) is 0 Å². The molecule has 0 radical (unpaired) electrons. The van der Waals surface area contributed by atoms with Crippen LogP contribution in [0, 0.1) is 5.92 Å². The molecule has 0 aromatic heterocycles. The van der Waals surface area contributed by atoms with Crippen LogP contribution in [0.3, 0.4) is 0 Å². The zero-order chi connectivity index (χ0) is 19.0. The fraction of sp³-hybridized carbons (Fsp3) is 0.471. The molecule has 0 fully saturated rings. The van der Waals surface area contributed by atoms with E-state index in [1.807, 2.05) is 12.2 Å². The van der Waals surface area contributed by atoms with E-state index in [1.165, 1.54) is 13.2 Å². The van der Waals surface area contributed by atoms with E-state index in [4.69, 9.17) is 19.9 Å². The van der Waals surface area contributed by atoms with Crippen LogP contribution in [-0.4, -0.2) is 37.7 Å². The van der Waals surface area contributed by atoms with E-state index >= 15 is 0 Å². The number of nitrogens with one attached hydrogen (secondary N) is 1. The molecule has 8 heteroatoms. The molecule has 0 saturated heterocycles. The minimum absolute atomic E-state index is 0.244. The predicted molar refractivity (Wildman–Crippen MR) is 90.1 cm³/mol. The molecular weight excluding hydrogens is 328 g/mol. The van der Waals surface area contributed by atoms with Gasteiger partial charge in [0.15, 0.2) is 6.10 Å². The second-order valence-corrected chi connectivity index (χ2v) is 5.59. The Morgan fingerprint density at radius 3 is 2.44 bits per heavy atom. The number of carbonyl (C=O) groups is 3. The second kappa shape index (κ2) is 9.63. The highest BCUT2D eigenvalue weighted by molar-refractivity contribution is 5.98. The van der Waals surface area contributed by atoms with Gasteiger partial charge in [0.05, 0.1) is 19.3 Å². The Kier molecular flexibility index (Phi) is 7.87. The summed E-state index contributed by atoms with van der Waals surface area (Å²) in [6.07, 6.45) is -1.14. The van der Waals surface area contributed by atoms with E-state index in [0.717, 1.165) is 0 Å². The van der Waals surface area contributed by atoms with Gasteiger partial charge in [-0.2, -0.15) is 0 Å². The van der Waals surface area contributed by atoms with Crippen LogP contribution in [0.2, 0.25) is 0 Å². The first-order valence-electron chi connectivity index (χ1n) is 7.86. The molecule has 0 spiro atoms. The number of primary amides is 1. The first kappa shape index (κ1) is 20.4. The molecule has 0 bridgehead atoms. The van der Waals surface area contributed by atoms with Gasteiger partial charge in [-0.1, -0.05) is 13.8 Å². The number of amides is 3. The van der Waals surface area contributed by atoms with Gasteiger partial charge < -0.3 is 19.9 Å². The normalized spacial score (nSPS) is 11.7. The summed E-state index contributed by atoms with van der Waals surface area (Å²) in [6, 6.07) is 3.73. The Bertz CT molecular complexity index is 630. The zero-order valence-electron chi connectivity index (χ0n) is 14.8. The molecule has 0 heterocycles. The summed E-state index contributed by atoms with van der Waals surface area (Å²) in [7, 11) is 1.52. The molecule has 1 rings (SSSR count). The molecule has 1 atom stereocenters. The average Bonchev–Trinajstić information content (AvgIpc) is 2.56. The Balaban J connectivity index is 2.97. The van der Waals surface area contributed by atoms with Crippen molar-refractivity contribution in [1.82, 2.24) is 5.32 Å². The van der Waals surface area contributed by atoms with E-state index in [0.29, 0.717) is 17.9 Å². The number of carbonyl (C=O) groups excluding carboxylic acids is 3. The van der Waals surface area contributed by atoms with Crippen LogP contribution >= 0.6 is 0 Å². The van der Waals surface area contributed by atoms with Crippen LogP contribution in [0.25, 0.3) is 0 Å². The van der Waals surface area contributed by atoms with Gasteiger partial charge in [0.2, 0.25) is 0 Å². The summed E-state index contributed by atoms with van der Waals surface area (Å²) < 4.78 is 15.8. The Hall–Kier alpha value is -2.61. The lowest BCUT2D eigenvalue weighted by molar-refractivity contribution is -0.130. The molecule has 0 aliphatic carbocycles. The fourth-order valence-electron chi connectivity index (χ4n) is 2.10. The maximum absolute atomic E-state index is 12.4. The number of ether oxygens (including phenoxy) is 3. The third-order valence-electron chi connectivity index (χ3n) is 3.32. The summed E-state index contributed by atoms with van der Waals surface area (Å²) >= 11 is 0. The van der Waals surface area contributed by atoms with Gasteiger partial charge >= 0.3 is 12.0 Å². The number of imide groups is 1. The standard InChI is InChI=1S/C17H24N2O6/c1-5-24-9-12-8-11(6-7-13(12)23-4)16(21)25-14(10(2)3)15(20)19-17(18)22/h6-8,10,14H,5,9H2,1-4H3,(H3,18,19,20,22)/t14-/m1/s1. The van der Waals surface area contributed by atoms with E-state index in [2.05, 4.69) is 0 Å². The number of benzene rings is 1. The van der Waals surface area contributed by atoms with Gasteiger partial charge in [-0.05, 0) is 31.0 Å². The van der Waals surface area contributed by atoms with Crippen LogP contribution in [0.4, 0.5) is 4.79 Å². The minimum atomic E-state index is -1.14. The molecule has 0 aliphatic heterocycles. The Morgan fingerprint density at radius 2 is 1.92 bits per heavy atom. The maximum atomic E-state index is 12.4. The second-order valence-electron chi connectivity index (χ2n) is 5.59. The molecule has 3 amide bonds. The number of hydrogen-bond donors (Lipinski definition) is 2. The monoisotopic (exact) mass is 352 g/mol. The highest BCUT2D eigenvalue weighted by atomic mass is 16.5. The molecule has 1 aromatic rings. The highest BCUT2D eigenvalue weighted by Gasteiger charge is 2.28. The number of hydrogen-bond acceptors (Lipinski definition) is 6. The van der Waals surface area contributed by atoms with Crippen molar-refractivity contribution < 1.29 is 28.6 Å². The SMILES string of the molecule is CCOCc1cc(C(=O)O[C@@H](C(=O)NC(N)=O)C(C)C)ccc1OC. The summed E-state index contributed by atoms with van der Waals surface area (Å²) in [5.41, 5.74) is 5.86. The summed E-state index contributed by atoms with van der Waals surface area (Å²) in [5, 5.41) is 1.92. The number of methoxy groups -OCH3 is 1. The van der Waals surface area contributed by atoms with Crippen molar-refractivity contribution >= 4 is 17.9 Å². The smallest absolute Gasteiger partial charge is 0.338 e. The number of esters is 1. The lowest BCUT2D eigenvalue weighted by Crippen LogP contribution is -2.45. The van der Waals surface area contributed by atoms with Crippen molar-refractivity contribution in [2.24, 2.45) is 11.7 Å². The minimum Gasteiger partial charge on any atom is -0.496 e. The quantitative estimate of drug-likeness (QED) is 0.687. The summed E-state index contributed by atoms with van der Waals surface area (Å²) in [5.74, 6) is -1.22. The first-order chi connectivity index (χ1) is 11.8. The fourth-order valence-corrected chi connectivity index (χ4v) is 2.10. The Labute approximate surface area is 146 Å². The third kappa shape index (κ3) is 6.07. The number of nitrogens with two attached hydrogens (primary N) is 1. The molecule has 3 N–H and O–H groups in total. The van der Waals surface area contributed by atoms with Crippen molar-refractivity contribution in [3.05, 3.63) is 29.3 Å². The molecule has 0 aliphatic rings. The van der Waals surface area contributed by atoms with Crippen LogP contribution < -0.4 is 15.8 Å². The van der Waals surface area contributed by atoms with E-state index < -0.39 is 24.0 Å². The lowest BCUT2D eigenvalue weighted by Gasteiger charge is -2.20. The first-order valence-corrected chi connectivity index (χ1v) is 7.86. The zero-order valence-corrected chi connectivity index (χ0v) is 14.8. The van der Waals surface area contributed by atoms with Crippen molar-refractivity contribution in [3.8, 4) is 5.75 Å². The Morgan fingerprint density at radius 1 is 1.24 bits per heavy atom. The van der Waals surface area contributed by atoms with Crippen molar-refractivity contribution in [2.75, 3.05) is 13.7 Å². The van der Waals surface area contributed by atoms with Gasteiger partial charge in [0, 0.05) is 12.2 Å². The molecule has 1 aromatic carbocycles. The van der Waals surface area contributed by atoms with Gasteiger partial charge in [-0.3, -0.25) is 10.1 Å². The van der Waals surface area contributed by atoms with Crippen LogP contribution in [0.1, 0.15) is 36.7 Å². The van der Waals surface area contributed by atoms with Gasteiger partial charge in [-0.25, -0.2) is 9.59 Å². The summed E-state index contributed by atoms with van der Waals surface area (Å²) in [4.78, 5) is 35.1. The maximum Gasteiger partial charge on any atom is 0.338 e. The lowest BCUT2D eigenvalue weighted by atomic mass is 10.1. The molecule has 8 nitrogen and oxygen atoms in total. The molecule has 0 unspecified atom stereocenters. The van der Waals surface area contributed by atoms with Crippen LogP contribution in [-0.2, 0) is 20.9 Å². The summed E-state index contributed by atoms with van der Waals surface area (Å²) in [6.45, 7) is 6.02. The van der Waals surface area contributed by atoms with Crippen molar-refractivity contribution in [2.45, 2.75) is 33.5 Å². The predicted octanol–water partition coefficient (Wildman–Crippen LogP) is 1.61. The molecule has 0 saturated carbocycles. The van der Waals surface area contributed by atoms with E-state index in [9.17, 15) is 14.4 Å². The van der Waals surface area contributed by atoms with Gasteiger partial charge in [0.25, 0.3) is 5.91 Å². The van der Waals surface area contributed by atoms with Crippen molar-refractivity contribution in [1.29, 1.82) is 0 Å².